The van der Waals surface area contributed by atoms with Crippen LogP contribution in [0.5, 0.6) is 0 Å². The lowest BCUT2D eigenvalue weighted by Gasteiger charge is -2.12. The van der Waals surface area contributed by atoms with E-state index in [1.54, 1.807) is 12.1 Å². The molecule has 4 N–H and O–H groups in total. The van der Waals surface area contributed by atoms with E-state index in [0.29, 0.717) is 12.1 Å². The third-order valence-electron chi connectivity index (χ3n) is 8.01. The maximum Gasteiger partial charge on any atom is 0.336 e. The molecule has 0 saturated carbocycles. The molecule has 0 aliphatic carbocycles. The minimum Gasteiger partial charge on any atom is -0.478 e. The number of carbonyl (C=O) groups is 1. The molecule has 6 rings (SSSR count). The first kappa shape index (κ1) is 32.5. The summed E-state index contributed by atoms with van der Waals surface area (Å²) in [5.74, 6) is 1.08. The van der Waals surface area contributed by atoms with Gasteiger partial charge in [0.05, 0.1) is 47.8 Å². The molecule has 0 radical (unpaired) electrons. The SMILES string of the molecule is CCCc1nc2c(C)cc(-c3nc4ccccc4n3C)cc2n1Cc1ccc(-c2ccccc2C(=O)O)cc1.OCN(CO)CO. The number of hydrogen-bond acceptors (Lipinski definition) is 7. The summed E-state index contributed by atoms with van der Waals surface area (Å²) in [5, 5.41) is 34.0. The fourth-order valence-electron chi connectivity index (χ4n) is 5.59. The van der Waals surface area contributed by atoms with Crippen LogP contribution in [0.2, 0.25) is 0 Å². The number of para-hydroxylation sites is 2. The minimum absolute atomic E-state index is 0.307. The number of nitrogens with zero attached hydrogens (tertiary/aromatic N) is 5. The second-order valence-corrected chi connectivity index (χ2v) is 11.2. The van der Waals surface area contributed by atoms with Crippen molar-refractivity contribution in [3.05, 3.63) is 107 Å². The van der Waals surface area contributed by atoms with Crippen LogP contribution in [0.3, 0.4) is 0 Å². The molecule has 4 aromatic carbocycles. The van der Waals surface area contributed by atoms with E-state index in [1.165, 1.54) is 0 Å². The van der Waals surface area contributed by atoms with E-state index in [1.807, 2.05) is 42.5 Å². The van der Waals surface area contributed by atoms with Crippen molar-refractivity contribution < 1.29 is 25.2 Å². The summed E-state index contributed by atoms with van der Waals surface area (Å²) in [6, 6.07) is 27.9. The highest BCUT2D eigenvalue weighted by Crippen LogP contribution is 2.31. The van der Waals surface area contributed by atoms with E-state index >= 15 is 0 Å². The monoisotopic (exact) mass is 621 g/mol. The van der Waals surface area contributed by atoms with Gasteiger partial charge in [-0.15, -0.1) is 0 Å². The maximum atomic E-state index is 11.7. The summed E-state index contributed by atoms with van der Waals surface area (Å²) >= 11 is 0. The summed E-state index contributed by atoms with van der Waals surface area (Å²) < 4.78 is 4.47. The number of carboxylic acid groups (broad SMARTS) is 1. The molecule has 0 aliphatic rings. The lowest BCUT2D eigenvalue weighted by atomic mass is 9.98. The van der Waals surface area contributed by atoms with Crippen LogP contribution >= 0.6 is 0 Å². The number of hydrogen-bond donors (Lipinski definition) is 4. The molecular weight excluding hydrogens is 582 g/mol. The molecule has 0 atom stereocenters. The number of fused-ring (bicyclic) bond motifs is 2. The lowest BCUT2D eigenvalue weighted by molar-refractivity contribution is -0.0268. The molecular formula is C36H39N5O5. The molecule has 46 heavy (non-hydrogen) atoms. The number of aliphatic hydroxyl groups is 3. The van der Waals surface area contributed by atoms with E-state index in [0.717, 1.165) is 79.3 Å². The van der Waals surface area contributed by atoms with Crippen molar-refractivity contribution in [1.82, 2.24) is 24.0 Å². The first-order chi connectivity index (χ1) is 22.3. The van der Waals surface area contributed by atoms with Gasteiger partial charge in [-0.3, -0.25) is 0 Å². The van der Waals surface area contributed by atoms with Crippen LogP contribution in [0.15, 0.2) is 84.9 Å². The van der Waals surface area contributed by atoms with E-state index in [-0.39, 0.29) is 20.2 Å². The molecule has 0 amide bonds. The molecule has 0 spiro atoms. The van der Waals surface area contributed by atoms with Gasteiger partial charge in [-0.1, -0.05) is 61.5 Å². The van der Waals surface area contributed by atoms with Crippen LogP contribution in [0.25, 0.3) is 44.6 Å². The number of aromatic nitrogens is 4. The van der Waals surface area contributed by atoms with Crippen molar-refractivity contribution in [3.8, 4) is 22.5 Å². The van der Waals surface area contributed by atoms with E-state index < -0.39 is 5.97 Å². The first-order valence-electron chi connectivity index (χ1n) is 15.2. The third-order valence-corrected chi connectivity index (χ3v) is 8.01. The minimum atomic E-state index is -0.921. The van der Waals surface area contributed by atoms with Crippen LogP contribution in [0, 0.1) is 6.92 Å². The van der Waals surface area contributed by atoms with Crippen LogP contribution in [0.1, 0.15) is 40.7 Å². The summed E-state index contributed by atoms with van der Waals surface area (Å²) in [7, 11) is 2.06. The molecule has 0 saturated heterocycles. The Hall–Kier alpha value is -4.87. The van der Waals surface area contributed by atoms with Crippen LogP contribution < -0.4 is 0 Å². The Balaban J connectivity index is 0.000000537. The van der Waals surface area contributed by atoms with Gasteiger partial charge in [-0.25, -0.2) is 19.7 Å². The summed E-state index contributed by atoms with van der Waals surface area (Å²) in [4.78, 5) is 22.8. The van der Waals surface area contributed by atoms with Crippen molar-refractivity contribution in [2.45, 2.75) is 33.2 Å². The molecule has 0 fully saturated rings. The Morgan fingerprint density at radius 3 is 2.13 bits per heavy atom. The third kappa shape index (κ3) is 6.70. The number of aromatic carboxylic acids is 1. The molecule has 2 heterocycles. The highest BCUT2D eigenvalue weighted by atomic mass is 16.4. The largest absolute Gasteiger partial charge is 0.478 e. The van der Waals surface area contributed by atoms with Gasteiger partial charge in [0.25, 0.3) is 0 Å². The van der Waals surface area contributed by atoms with Gasteiger partial charge < -0.3 is 29.6 Å². The predicted molar refractivity (Wildman–Crippen MR) is 179 cm³/mol. The zero-order valence-corrected chi connectivity index (χ0v) is 26.3. The van der Waals surface area contributed by atoms with E-state index in [4.69, 9.17) is 25.3 Å². The molecule has 0 aliphatic heterocycles. The zero-order valence-electron chi connectivity index (χ0n) is 26.3. The Bertz CT molecular complexity index is 1950. The normalized spacial score (nSPS) is 11.3. The Kier molecular flexibility index (Phi) is 10.2. The molecule has 10 nitrogen and oxygen atoms in total. The van der Waals surface area contributed by atoms with Gasteiger partial charge in [-0.05, 0) is 65.9 Å². The van der Waals surface area contributed by atoms with Crippen LogP contribution in [-0.2, 0) is 20.0 Å². The van der Waals surface area contributed by atoms with E-state index in [9.17, 15) is 9.90 Å². The van der Waals surface area contributed by atoms with Gasteiger partial charge in [-0.2, -0.15) is 0 Å². The first-order valence-corrected chi connectivity index (χ1v) is 15.2. The number of aryl methyl sites for hydroxylation is 3. The number of rotatable bonds is 10. The summed E-state index contributed by atoms with van der Waals surface area (Å²) in [6.07, 6.45) is 1.89. The van der Waals surface area contributed by atoms with Gasteiger partial charge >= 0.3 is 5.97 Å². The fourth-order valence-corrected chi connectivity index (χ4v) is 5.59. The zero-order chi connectivity index (χ0) is 32.8. The van der Waals surface area contributed by atoms with Crippen LogP contribution in [-0.4, -0.2) is 70.6 Å². The second kappa shape index (κ2) is 14.5. The average molecular weight is 622 g/mol. The number of aliphatic hydroxyl groups excluding tert-OH is 3. The lowest BCUT2D eigenvalue weighted by Crippen LogP contribution is -2.26. The quantitative estimate of drug-likeness (QED) is 0.149. The summed E-state index contributed by atoms with van der Waals surface area (Å²) in [5.41, 5.74) is 9.46. The molecule has 0 bridgehead atoms. The predicted octanol–water partition coefficient (Wildman–Crippen LogP) is 5.40. The van der Waals surface area contributed by atoms with Crippen LogP contribution in [0.4, 0.5) is 0 Å². The van der Waals surface area contributed by atoms with Gasteiger partial charge in [0.15, 0.2) is 0 Å². The molecule has 2 aromatic heterocycles. The molecule has 10 heteroatoms. The molecule has 6 aromatic rings. The van der Waals surface area contributed by atoms with E-state index in [2.05, 4.69) is 60.4 Å². The highest BCUT2D eigenvalue weighted by molar-refractivity contribution is 5.96. The van der Waals surface area contributed by atoms with Gasteiger partial charge in [0.1, 0.15) is 11.6 Å². The molecule has 238 valence electrons. The number of imidazole rings is 2. The Morgan fingerprint density at radius 2 is 1.50 bits per heavy atom. The van der Waals surface area contributed by atoms with Crippen molar-refractivity contribution >= 4 is 28.0 Å². The fraction of sp³-hybridized carbons (Fsp3) is 0.250. The van der Waals surface area contributed by atoms with Gasteiger partial charge in [0.2, 0.25) is 0 Å². The smallest absolute Gasteiger partial charge is 0.336 e. The Morgan fingerprint density at radius 1 is 0.826 bits per heavy atom. The number of benzene rings is 4. The van der Waals surface area contributed by atoms with Crippen molar-refractivity contribution in [2.75, 3.05) is 20.2 Å². The van der Waals surface area contributed by atoms with Crippen molar-refractivity contribution in [2.24, 2.45) is 7.05 Å². The van der Waals surface area contributed by atoms with Gasteiger partial charge in [0, 0.05) is 25.6 Å². The standard InChI is InChI=1S/C33H30N4O2.C3H9NO3/c1-4-9-30-35-31-21(2)18-24(32-34-27-12-7-8-13-28(27)36(32)3)19-29(31)37(30)20-22-14-16-23(17-15-22)25-10-5-6-11-26(25)33(38)39;5-1-4(2-6)3-7/h5-8,10-19H,4,9,20H2,1-3H3,(H,38,39);5-7H,1-3H2. The highest BCUT2D eigenvalue weighted by Gasteiger charge is 2.17. The second-order valence-electron chi connectivity index (χ2n) is 11.2. The topological polar surface area (TPSA) is 137 Å². The van der Waals surface area contributed by atoms with Crippen molar-refractivity contribution in [1.29, 1.82) is 0 Å². The summed E-state index contributed by atoms with van der Waals surface area (Å²) in [6.45, 7) is 4.04. The van der Waals surface area contributed by atoms with Crippen molar-refractivity contribution in [3.63, 3.8) is 0 Å². The maximum absolute atomic E-state index is 11.7. The molecule has 0 unspecified atom stereocenters. The average Bonchev–Trinajstić information content (AvgIpc) is 3.60. The Labute approximate surface area is 267 Å². The number of carboxylic acids is 1.